The first-order chi connectivity index (χ1) is 3.41. The molecule has 0 bridgehead atoms. The predicted octanol–water partition coefficient (Wildman–Crippen LogP) is -0.556. The molecule has 0 aliphatic rings. The fourth-order valence-electron chi connectivity index (χ4n) is 0.215. The zero-order valence-electron chi connectivity index (χ0n) is 4.52. The highest BCUT2D eigenvalue weighted by Gasteiger charge is 1.74. The summed E-state index contributed by atoms with van der Waals surface area (Å²) in [6.45, 7) is 4.69. The summed E-state index contributed by atoms with van der Waals surface area (Å²) >= 11 is 0. The fourth-order valence-corrected chi connectivity index (χ4v) is 0.381. The highest BCUT2D eigenvalue weighted by atomic mass is 28.2. The number of rotatable bonds is 4. The van der Waals surface area contributed by atoms with Crippen molar-refractivity contribution in [3.63, 3.8) is 0 Å². The van der Waals surface area contributed by atoms with Gasteiger partial charge in [-0.1, -0.05) is 6.58 Å². The van der Waals surface area contributed by atoms with Crippen molar-refractivity contribution in [3.05, 3.63) is 12.8 Å². The molecule has 0 saturated carbocycles. The normalized spacial score (nSPS) is 8.57. The van der Waals surface area contributed by atoms with Gasteiger partial charge in [0, 0.05) is 0 Å². The second kappa shape index (κ2) is 5.72. The summed E-state index contributed by atoms with van der Waals surface area (Å²) in [7, 11) is 0.792. The minimum atomic E-state index is 0.632. The minimum absolute atomic E-state index is 0.632. The van der Waals surface area contributed by atoms with Gasteiger partial charge in [0.15, 0.2) is 0 Å². The van der Waals surface area contributed by atoms with Crippen molar-refractivity contribution in [2.24, 2.45) is 0 Å². The molecular weight excluding hydrogens is 108 g/mol. The van der Waals surface area contributed by atoms with Crippen LogP contribution in [0.2, 0.25) is 0 Å². The van der Waals surface area contributed by atoms with Gasteiger partial charge in [-0.25, -0.2) is 0 Å². The summed E-state index contributed by atoms with van der Waals surface area (Å²) in [5.74, 6) is 0. The average Bonchev–Trinajstić information content (AvgIpc) is 1.69. The number of hydrogen-bond acceptors (Lipinski definition) is 2. The molecular formula is C4H10O2Si. The molecule has 42 valence electrons. The quantitative estimate of drug-likeness (QED) is 0.280. The predicted molar refractivity (Wildman–Crippen MR) is 32.0 cm³/mol. The summed E-state index contributed by atoms with van der Waals surface area (Å²) in [4.78, 5) is 0. The molecule has 0 heterocycles. The van der Waals surface area contributed by atoms with Crippen molar-refractivity contribution in [1.82, 2.24) is 0 Å². The van der Waals surface area contributed by atoms with Crippen LogP contribution in [0.25, 0.3) is 0 Å². The molecule has 0 unspecified atom stereocenters. The van der Waals surface area contributed by atoms with Crippen LogP contribution in [0.15, 0.2) is 12.8 Å². The largest absolute Gasteiger partial charge is 0.499 e. The third-order valence-electron chi connectivity index (χ3n) is 0.523. The van der Waals surface area contributed by atoms with Gasteiger partial charge in [-0.15, -0.1) is 0 Å². The van der Waals surface area contributed by atoms with Crippen LogP contribution in [0.5, 0.6) is 0 Å². The Morgan fingerprint density at radius 2 is 2.29 bits per heavy atom. The van der Waals surface area contributed by atoms with E-state index in [1.54, 1.807) is 0 Å². The van der Waals surface area contributed by atoms with Gasteiger partial charge in [-0.2, -0.15) is 0 Å². The second-order valence-electron chi connectivity index (χ2n) is 1.03. The van der Waals surface area contributed by atoms with Crippen molar-refractivity contribution in [2.75, 3.05) is 13.2 Å². The highest BCUT2D eigenvalue weighted by molar-refractivity contribution is 5.97. The third kappa shape index (κ3) is 5.72. The second-order valence-corrected chi connectivity index (χ2v) is 1.61. The maximum absolute atomic E-state index is 4.81. The zero-order valence-corrected chi connectivity index (χ0v) is 6.52. The van der Waals surface area contributed by atoms with E-state index in [-0.39, 0.29) is 0 Å². The Morgan fingerprint density at radius 3 is 2.71 bits per heavy atom. The maximum Gasteiger partial charge on any atom is 0.146 e. The topological polar surface area (TPSA) is 18.5 Å². The summed E-state index contributed by atoms with van der Waals surface area (Å²) < 4.78 is 9.54. The molecule has 0 radical (unpaired) electrons. The van der Waals surface area contributed by atoms with E-state index >= 15 is 0 Å². The Balaban J connectivity index is 2.56. The SMILES string of the molecule is C=COCCO[SiH3]. The van der Waals surface area contributed by atoms with E-state index in [0.717, 1.165) is 10.5 Å². The lowest BCUT2D eigenvalue weighted by Gasteiger charge is -1.95. The highest BCUT2D eigenvalue weighted by Crippen LogP contribution is 1.71. The molecule has 0 spiro atoms. The van der Waals surface area contributed by atoms with Gasteiger partial charge >= 0.3 is 0 Å². The van der Waals surface area contributed by atoms with Crippen LogP contribution in [0.4, 0.5) is 0 Å². The molecule has 0 aromatic rings. The summed E-state index contributed by atoms with van der Waals surface area (Å²) in [5.41, 5.74) is 0. The van der Waals surface area contributed by atoms with Crippen LogP contribution in [0.3, 0.4) is 0 Å². The summed E-state index contributed by atoms with van der Waals surface area (Å²) in [5, 5.41) is 0. The van der Waals surface area contributed by atoms with Gasteiger partial charge in [-0.3, -0.25) is 0 Å². The van der Waals surface area contributed by atoms with Crippen LogP contribution in [0, 0.1) is 0 Å². The molecule has 7 heavy (non-hydrogen) atoms. The Bertz CT molecular complexity index is 47.0. The van der Waals surface area contributed by atoms with Gasteiger partial charge in [0.25, 0.3) is 0 Å². The van der Waals surface area contributed by atoms with Gasteiger partial charge < -0.3 is 9.16 Å². The van der Waals surface area contributed by atoms with Crippen LogP contribution in [-0.2, 0) is 9.16 Å². The first-order valence-electron chi connectivity index (χ1n) is 2.13. The molecule has 0 aromatic carbocycles. The van der Waals surface area contributed by atoms with Gasteiger partial charge in [0.05, 0.1) is 12.9 Å². The first-order valence-corrected chi connectivity index (χ1v) is 2.95. The zero-order chi connectivity index (χ0) is 5.54. The van der Waals surface area contributed by atoms with Gasteiger partial charge in [-0.05, 0) is 0 Å². The Morgan fingerprint density at radius 1 is 1.57 bits per heavy atom. The molecule has 0 rings (SSSR count). The van der Waals surface area contributed by atoms with Crippen molar-refractivity contribution in [1.29, 1.82) is 0 Å². The van der Waals surface area contributed by atoms with Crippen LogP contribution < -0.4 is 0 Å². The summed E-state index contributed by atoms with van der Waals surface area (Å²) in [6.07, 6.45) is 1.42. The van der Waals surface area contributed by atoms with E-state index in [1.165, 1.54) is 6.26 Å². The first kappa shape index (κ1) is 6.72. The molecule has 0 aliphatic carbocycles. The molecule has 0 saturated heterocycles. The molecule has 2 nitrogen and oxygen atoms in total. The monoisotopic (exact) mass is 118 g/mol. The lowest BCUT2D eigenvalue weighted by molar-refractivity contribution is 0.187. The lowest BCUT2D eigenvalue weighted by atomic mass is 10.8. The van der Waals surface area contributed by atoms with E-state index in [1.807, 2.05) is 0 Å². The molecule has 0 atom stereocenters. The summed E-state index contributed by atoms with van der Waals surface area (Å²) in [6, 6.07) is 0. The third-order valence-corrected chi connectivity index (χ3v) is 0.931. The van der Waals surface area contributed by atoms with Crippen molar-refractivity contribution < 1.29 is 9.16 Å². The molecule has 0 N–H and O–H groups in total. The van der Waals surface area contributed by atoms with E-state index in [4.69, 9.17) is 9.16 Å². The van der Waals surface area contributed by atoms with E-state index in [0.29, 0.717) is 13.2 Å². The van der Waals surface area contributed by atoms with Crippen LogP contribution in [0.1, 0.15) is 0 Å². The van der Waals surface area contributed by atoms with E-state index < -0.39 is 0 Å². The molecule has 0 aromatic heterocycles. The average molecular weight is 118 g/mol. The fraction of sp³-hybridized carbons (Fsp3) is 0.500. The van der Waals surface area contributed by atoms with Crippen molar-refractivity contribution in [2.45, 2.75) is 0 Å². The molecule has 0 fully saturated rings. The molecule has 3 heteroatoms. The van der Waals surface area contributed by atoms with Gasteiger partial charge in [0.1, 0.15) is 17.1 Å². The lowest BCUT2D eigenvalue weighted by Crippen LogP contribution is -1.96. The number of hydrogen-bond donors (Lipinski definition) is 0. The van der Waals surface area contributed by atoms with E-state index in [9.17, 15) is 0 Å². The van der Waals surface area contributed by atoms with Crippen LogP contribution >= 0.6 is 0 Å². The van der Waals surface area contributed by atoms with Crippen molar-refractivity contribution >= 4 is 10.5 Å². The smallest absolute Gasteiger partial charge is 0.146 e. The minimum Gasteiger partial charge on any atom is -0.499 e. The van der Waals surface area contributed by atoms with Gasteiger partial charge in [0.2, 0.25) is 0 Å². The van der Waals surface area contributed by atoms with E-state index in [2.05, 4.69) is 6.58 Å². The van der Waals surface area contributed by atoms with Crippen molar-refractivity contribution in [3.8, 4) is 0 Å². The molecule has 0 aliphatic heterocycles. The van der Waals surface area contributed by atoms with Crippen LogP contribution in [-0.4, -0.2) is 23.7 Å². The maximum atomic E-state index is 4.81. The Labute approximate surface area is 46.7 Å². The Hall–Kier alpha value is -0.283. The molecule has 0 amide bonds. The Kier molecular flexibility index (Phi) is 5.49. The number of ether oxygens (including phenoxy) is 1. The standard InChI is InChI=1S/C4H10O2Si/c1-2-5-3-4-6-7/h2H,1,3-4H2,7H3.